The molecule has 1 N–H and O–H groups in total. The third-order valence-electron chi connectivity index (χ3n) is 3.54. The average Bonchev–Trinajstić information content (AvgIpc) is 2.42. The van der Waals surface area contributed by atoms with Crippen LogP contribution in [0.3, 0.4) is 0 Å². The van der Waals surface area contributed by atoms with Crippen molar-refractivity contribution in [2.75, 3.05) is 7.11 Å². The zero-order valence-electron chi connectivity index (χ0n) is 9.82. The Morgan fingerprint density at radius 2 is 1.93 bits per heavy atom. The zero-order valence-corrected chi connectivity index (χ0v) is 9.82. The molecule has 0 aromatic heterocycles. The van der Waals surface area contributed by atoms with Crippen molar-refractivity contribution in [2.24, 2.45) is 17.3 Å². The SMILES string of the molecule is COC(=O)C1CCC(C)C1(C)C.O=CO. The molecule has 0 saturated heterocycles. The molecule has 1 fully saturated rings. The standard InChI is InChI=1S/C10H18O2.CH2O2/c1-7-5-6-8(9(11)12-4)10(7,2)3;2-1-3/h7-8H,5-6H2,1-4H3;1H,(H,2,3). The van der Waals surface area contributed by atoms with Gasteiger partial charge in [0.2, 0.25) is 0 Å². The maximum absolute atomic E-state index is 11.4. The molecule has 0 aromatic carbocycles. The second-order valence-electron chi connectivity index (χ2n) is 4.48. The molecule has 4 nitrogen and oxygen atoms in total. The fourth-order valence-corrected chi connectivity index (χ4v) is 2.07. The lowest BCUT2D eigenvalue weighted by atomic mass is 9.76. The highest BCUT2D eigenvalue weighted by atomic mass is 16.5. The highest BCUT2D eigenvalue weighted by Crippen LogP contribution is 2.47. The van der Waals surface area contributed by atoms with Crippen LogP contribution in [0.4, 0.5) is 0 Å². The first kappa shape index (κ1) is 13.9. The van der Waals surface area contributed by atoms with Gasteiger partial charge in [0.1, 0.15) is 0 Å². The summed E-state index contributed by atoms with van der Waals surface area (Å²) in [5, 5.41) is 6.89. The molecule has 1 saturated carbocycles. The van der Waals surface area contributed by atoms with E-state index < -0.39 is 0 Å². The van der Waals surface area contributed by atoms with Gasteiger partial charge in [0.05, 0.1) is 13.0 Å². The van der Waals surface area contributed by atoms with Crippen LogP contribution in [-0.2, 0) is 14.3 Å². The van der Waals surface area contributed by atoms with Crippen molar-refractivity contribution in [1.29, 1.82) is 0 Å². The van der Waals surface area contributed by atoms with Gasteiger partial charge in [-0.2, -0.15) is 0 Å². The quantitative estimate of drug-likeness (QED) is 0.537. The third-order valence-corrected chi connectivity index (χ3v) is 3.54. The van der Waals surface area contributed by atoms with Crippen molar-refractivity contribution in [2.45, 2.75) is 33.6 Å². The molecule has 1 rings (SSSR count). The third kappa shape index (κ3) is 3.22. The summed E-state index contributed by atoms with van der Waals surface area (Å²) in [5.74, 6) is 0.698. The van der Waals surface area contributed by atoms with Crippen LogP contribution in [0.1, 0.15) is 33.6 Å². The smallest absolute Gasteiger partial charge is 0.309 e. The van der Waals surface area contributed by atoms with Crippen LogP contribution in [-0.4, -0.2) is 24.7 Å². The summed E-state index contributed by atoms with van der Waals surface area (Å²) < 4.78 is 4.78. The van der Waals surface area contributed by atoms with Crippen LogP contribution in [0, 0.1) is 17.3 Å². The van der Waals surface area contributed by atoms with E-state index in [1.165, 1.54) is 7.11 Å². The molecule has 4 heteroatoms. The van der Waals surface area contributed by atoms with Crippen molar-refractivity contribution in [3.05, 3.63) is 0 Å². The van der Waals surface area contributed by atoms with E-state index in [1.54, 1.807) is 0 Å². The van der Waals surface area contributed by atoms with Gasteiger partial charge in [0.15, 0.2) is 0 Å². The Morgan fingerprint density at radius 3 is 2.20 bits per heavy atom. The predicted molar refractivity (Wildman–Crippen MR) is 56.4 cm³/mol. The minimum atomic E-state index is -0.250. The Morgan fingerprint density at radius 1 is 1.47 bits per heavy atom. The van der Waals surface area contributed by atoms with Crippen LogP contribution >= 0.6 is 0 Å². The number of rotatable bonds is 1. The van der Waals surface area contributed by atoms with Gasteiger partial charge in [-0.05, 0) is 24.2 Å². The Balaban J connectivity index is 0.000000583. The van der Waals surface area contributed by atoms with E-state index in [4.69, 9.17) is 14.6 Å². The zero-order chi connectivity index (χ0) is 12.1. The van der Waals surface area contributed by atoms with Crippen LogP contribution in [0.15, 0.2) is 0 Å². The first-order chi connectivity index (χ1) is 6.91. The van der Waals surface area contributed by atoms with Crippen molar-refractivity contribution < 1.29 is 19.4 Å². The Hall–Kier alpha value is -1.06. The molecule has 15 heavy (non-hydrogen) atoms. The predicted octanol–water partition coefficient (Wildman–Crippen LogP) is 1.93. The monoisotopic (exact) mass is 216 g/mol. The number of carbonyl (C=O) groups excluding carboxylic acids is 1. The largest absolute Gasteiger partial charge is 0.483 e. The highest BCUT2D eigenvalue weighted by molar-refractivity contribution is 5.73. The van der Waals surface area contributed by atoms with Gasteiger partial charge in [-0.15, -0.1) is 0 Å². The molecule has 0 aromatic rings. The number of carboxylic acid groups (broad SMARTS) is 1. The van der Waals surface area contributed by atoms with Crippen molar-refractivity contribution in [3.63, 3.8) is 0 Å². The molecule has 2 atom stereocenters. The molecule has 0 radical (unpaired) electrons. The Labute approximate surface area is 90.6 Å². The number of hydrogen-bond donors (Lipinski definition) is 1. The highest BCUT2D eigenvalue weighted by Gasteiger charge is 2.44. The fraction of sp³-hybridized carbons (Fsp3) is 0.818. The Bertz CT molecular complexity index is 223. The number of carbonyl (C=O) groups is 2. The van der Waals surface area contributed by atoms with E-state index in [2.05, 4.69) is 20.8 Å². The molecule has 0 heterocycles. The molecule has 2 unspecified atom stereocenters. The first-order valence-electron chi connectivity index (χ1n) is 5.07. The van der Waals surface area contributed by atoms with Crippen LogP contribution in [0.5, 0.6) is 0 Å². The molecular formula is C11H20O4. The number of ether oxygens (including phenoxy) is 1. The van der Waals surface area contributed by atoms with Crippen LogP contribution in [0.2, 0.25) is 0 Å². The van der Waals surface area contributed by atoms with E-state index in [0.29, 0.717) is 5.92 Å². The lowest BCUT2D eigenvalue weighted by molar-refractivity contribution is -0.149. The minimum Gasteiger partial charge on any atom is -0.483 e. The van der Waals surface area contributed by atoms with E-state index >= 15 is 0 Å². The summed E-state index contributed by atoms with van der Waals surface area (Å²) >= 11 is 0. The van der Waals surface area contributed by atoms with Gasteiger partial charge in [-0.3, -0.25) is 9.59 Å². The average molecular weight is 216 g/mol. The van der Waals surface area contributed by atoms with Gasteiger partial charge in [0, 0.05) is 0 Å². The number of esters is 1. The van der Waals surface area contributed by atoms with Gasteiger partial charge in [0.25, 0.3) is 6.47 Å². The van der Waals surface area contributed by atoms with Crippen molar-refractivity contribution in [3.8, 4) is 0 Å². The summed E-state index contributed by atoms with van der Waals surface area (Å²) in [6.45, 7) is 6.28. The topological polar surface area (TPSA) is 63.6 Å². The van der Waals surface area contributed by atoms with Crippen molar-refractivity contribution in [1.82, 2.24) is 0 Å². The number of hydrogen-bond acceptors (Lipinski definition) is 3. The van der Waals surface area contributed by atoms with Crippen molar-refractivity contribution >= 4 is 12.4 Å². The van der Waals surface area contributed by atoms with E-state index in [1.807, 2.05) is 0 Å². The normalized spacial score (nSPS) is 27.5. The molecular weight excluding hydrogens is 196 g/mol. The molecule has 0 bridgehead atoms. The molecule has 1 aliphatic carbocycles. The first-order valence-corrected chi connectivity index (χ1v) is 5.07. The summed E-state index contributed by atoms with van der Waals surface area (Å²) in [7, 11) is 1.47. The molecule has 0 spiro atoms. The van der Waals surface area contributed by atoms with E-state index in [9.17, 15) is 4.79 Å². The lowest BCUT2D eigenvalue weighted by Gasteiger charge is -2.29. The van der Waals surface area contributed by atoms with E-state index in [0.717, 1.165) is 12.8 Å². The summed E-state index contributed by atoms with van der Waals surface area (Å²) in [6.07, 6.45) is 2.13. The van der Waals surface area contributed by atoms with Crippen LogP contribution in [0.25, 0.3) is 0 Å². The molecule has 88 valence electrons. The maximum atomic E-state index is 11.4. The molecule has 1 aliphatic rings. The van der Waals surface area contributed by atoms with Gasteiger partial charge in [-0.25, -0.2) is 0 Å². The summed E-state index contributed by atoms with van der Waals surface area (Å²) in [5.41, 5.74) is 0.118. The van der Waals surface area contributed by atoms with Gasteiger partial charge < -0.3 is 9.84 Å². The van der Waals surface area contributed by atoms with Gasteiger partial charge >= 0.3 is 5.97 Å². The van der Waals surface area contributed by atoms with Crippen LogP contribution < -0.4 is 0 Å². The lowest BCUT2D eigenvalue weighted by Crippen LogP contribution is -2.30. The van der Waals surface area contributed by atoms with Gasteiger partial charge in [-0.1, -0.05) is 20.8 Å². The Kier molecular flexibility index (Phi) is 5.33. The summed E-state index contributed by atoms with van der Waals surface area (Å²) in [4.78, 5) is 19.7. The molecule has 0 amide bonds. The summed E-state index contributed by atoms with van der Waals surface area (Å²) in [6, 6.07) is 0. The minimum absolute atomic E-state index is 0.0376. The fourth-order valence-electron chi connectivity index (χ4n) is 2.07. The number of methoxy groups -OCH3 is 1. The van der Waals surface area contributed by atoms with E-state index in [-0.39, 0.29) is 23.8 Å². The second kappa shape index (κ2) is 5.73. The second-order valence-corrected chi connectivity index (χ2v) is 4.48. The maximum Gasteiger partial charge on any atom is 0.309 e. The molecule has 0 aliphatic heterocycles.